The smallest absolute Gasteiger partial charge is 0.407 e. The molecule has 0 aliphatic carbocycles. The number of nitrogens with one attached hydrogen (secondary N) is 3. The Morgan fingerprint density at radius 3 is 2.43 bits per heavy atom. The van der Waals surface area contributed by atoms with Crippen LogP contribution in [0, 0.1) is 11.8 Å². The van der Waals surface area contributed by atoms with Gasteiger partial charge in [0.05, 0.1) is 50.5 Å². The van der Waals surface area contributed by atoms with E-state index in [0.717, 1.165) is 74.3 Å². The maximum absolute atomic E-state index is 14.4. The van der Waals surface area contributed by atoms with Gasteiger partial charge in [-0.15, -0.1) is 0 Å². The van der Waals surface area contributed by atoms with Gasteiger partial charge in [0, 0.05) is 43.3 Å². The van der Waals surface area contributed by atoms with Crippen molar-refractivity contribution in [2.24, 2.45) is 16.8 Å². The van der Waals surface area contributed by atoms with E-state index in [4.69, 9.17) is 28.9 Å². The van der Waals surface area contributed by atoms with Crippen LogP contribution in [0.2, 0.25) is 0 Å². The Morgan fingerprint density at radius 2 is 1.68 bits per heavy atom. The molecule has 2 saturated heterocycles. The van der Waals surface area contributed by atoms with Gasteiger partial charge in [-0.05, 0) is 95.0 Å². The van der Waals surface area contributed by atoms with Crippen LogP contribution < -0.4 is 15.4 Å². The number of carbonyl (C=O) groups is 4. The van der Waals surface area contributed by atoms with E-state index >= 15 is 0 Å². The summed E-state index contributed by atoms with van der Waals surface area (Å²) in [5.74, 6) is 1.09. The standard InChI is InChI=1S/C50H55N7O8/c1-27(2)44(54-49(60)63-5)48(59)57-28(3)12-17-41(57)46-51-23-40(53-46)32-13-15-34-33(19-32)26-65-43-22-35-31(20-37(34)43)14-16-38-36(35)21-39(52-38)42-18-29(25-62-4)24-56(42)47(58)45(55-50(61)64-6)30-10-8-7-9-11-30/h7-11,13-16,19-20,22-23,27-29,41-42,44-45H,12,17-18,21,24-26H2,1-6H3,(H,51,53)(H,54,60)(H,55,61)/t28-,29-,41-,42-,44-,45+/m0/s1. The summed E-state index contributed by atoms with van der Waals surface area (Å²) in [6.45, 7) is 7.20. The number of H-pyrrole nitrogens is 1. The first kappa shape index (κ1) is 43.5. The van der Waals surface area contributed by atoms with E-state index in [-0.39, 0.29) is 41.8 Å². The van der Waals surface area contributed by atoms with Gasteiger partial charge in [-0.25, -0.2) is 14.6 Å². The highest BCUT2D eigenvalue weighted by Crippen LogP contribution is 2.45. The lowest BCUT2D eigenvalue weighted by Gasteiger charge is -2.32. The third kappa shape index (κ3) is 8.29. The molecule has 4 amide bonds. The molecule has 1 aromatic heterocycles. The lowest BCUT2D eigenvalue weighted by atomic mass is 9.90. The number of aliphatic imine (C=N–C) groups is 1. The topological polar surface area (TPSA) is 177 Å². The molecular weight excluding hydrogens is 827 g/mol. The van der Waals surface area contributed by atoms with E-state index < -0.39 is 24.3 Å². The molecule has 4 aliphatic rings. The zero-order valence-corrected chi connectivity index (χ0v) is 37.6. The molecular formula is C50H55N7O8. The summed E-state index contributed by atoms with van der Waals surface area (Å²) in [5, 5.41) is 7.62. The molecule has 2 fully saturated rings. The van der Waals surface area contributed by atoms with Crippen LogP contribution in [0.5, 0.6) is 5.75 Å². The number of imidazole rings is 1. The van der Waals surface area contributed by atoms with Crippen molar-refractivity contribution >= 4 is 46.2 Å². The second kappa shape index (κ2) is 18.0. The highest BCUT2D eigenvalue weighted by atomic mass is 16.5. The number of hydrogen-bond acceptors (Lipinski definition) is 10. The molecule has 65 heavy (non-hydrogen) atoms. The summed E-state index contributed by atoms with van der Waals surface area (Å²) < 4.78 is 21.8. The van der Waals surface area contributed by atoms with Gasteiger partial charge in [0.15, 0.2) is 0 Å². The van der Waals surface area contributed by atoms with Crippen LogP contribution in [0.1, 0.15) is 74.6 Å². The summed E-state index contributed by atoms with van der Waals surface area (Å²) in [4.78, 5) is 70.1. The molecule has 3 N–H and O–H groups in total. The minimum atomic E-state index is -0.928. The maximum Gasteiger partial charge on any atom is 0.407 e. The van der Waals surface area contributed by atoms with Gasteiger partial charge in [0.2, 0.25) is 11.8 Å². The van der Waals surface area contributed by atoms with Crippen LogP contribution in [0.15, 0.2) is 84.0 Å². The molecule has 0 bridgehead atoms. The molecule has 9 rings (SSSR count). The fourth-order valence-electron chi connectivity index (χ4n) is 10.1. The number of nitrogens with zero attached hydrogens (tertiary/aromatic N) is 4. The molecule has 0 spiro atoms. The van der Waals surface area contributed by atoms with Crippen LogP contribution in [-0.2, 0) is 36.8 Å². The molecule has 5 aromatic rings. The van der Waals surface area contributed by atoms with Crippen LogP contribution in [0.25, 0.3) is 33.2 Å². The van der Waals surface area contributed by atoms with E-state index in [0.29, 0.717) is 44.0 Å². The largest absolute Gasteiger partial charge is 0.488 e. The normalized spacial score (nSPS) is 20.6. The first-order valence-corrected chi connectivity index (χ1v) is 22.3. The SMILES string of the molecule is COC[C@H]1C[C@@H](C2=Nc3ccc4cc5c(cc4c3C2)OCc2cc(-c3cnc([C@@H]4CC[C@H](C)N4C(=O)[C@@H](NC(=O)OC)C(C)C)[nH]3)ccc2-5)N(C(=O)[C@H](NC(=O)OC)c2ccccc2)C1. The van der Waals surface area contributed by atoms with E-state index in [2.05, 4.69) is 58.1 Å². The first-order chi connectivity index (χ1) is 31.5. The van der Waals surface area contributed by atoms with Crippen molar-refractivity contribution in [3.8, 4) is 28.1 Å². The Kier molecular flexibility index (Phi) is 12.1. The van der Waals surface area contributed by atoms with Crippen LogP contribution in [0.4, 0.5) is 15.3 Å². The fourth-order valence-corrected chi connectivity index (χ4v) is 10.1. The van der Waals surface area contributed by atoms with Crippen molar-refractivity contribution < 1.29 is 38.1 Å². The molecule has 4 aliphatic heterocycles. The van der Waals surface area contributed by atoms with E-state index in [1.54, 1.807) is 7.11 Å². The quantitative estimate of drug-likeness (QED) is 0.119. The number of amides is 4. The second-order valence-electron chi connectivity index (χ2n) is 17.8. The number of fused-ring (bicyclic) bond motifs is 6. The van der Waals surface area contributed by atoms with E-state index in [1.165, 1.54) is 14.2 Å². The fraction of sp³-hybridized carbons (Fsp3) is 0.400. The van der Waals surface area contributed by atoms with Crippen molar-refractivity contribution in [2.45, 2.75) is 83.3 Å². The number of aromatic amines is 1. The van der Waals surface area contributed by atoms with Crippen molar-refractivity contribution in [1.29, 1.82) is 0 Å². The summed E-state index contributed by atoms with van der Waals surface area (Å²) in [7, 11) is 4.25. The van der Waals surface area contributed by atoms with Gasteiger partial charge in [-0.3, -0.25) is 14.6 Å². The second-order valence-corrected chi connectivity index (χ2v) is 17.8. The number of carbonyl (C=O) groups excluding carboxylic acids is 4. The Balaban J connectivity index is 0.949. The predicted molar refractivity (Wildman–Crippen MR) is 245 cm³/mol. The third-order valence-electron chi connectivity index (χ3n) is 13.4. The Labute approximate surface area is 377 Å². The minimum absolute atomic E-state index is 0.0203. The van der Waals surface area contributed by atoms with Crippen molar-refractivity contribution in [3.63, 3.8) is 0 Å². The number of benzene rings is 4. The summed E-state index contributed by atoms with van der Waals surface area (Å²) in [6.07, 6.45) is 3.33. The van der Waals surface area contributed by atoms with Crippen molar-refractivity contribution in [2.75, 3.05) is 34.5 Å². The van der Waals surface area contributed by atoms with E-state index in [9.17, 15) is 19.2 Å². The zero-order chi connectivity index (χ0) is 45.5. The number of hydrogen-bond donors (Lipinski definition) is 3. The first-order valence-electron chi connectivity index (χ1n) is 22.3. The molecule has 4 aromatic carbocycles. The van der Waals surface area contributed by atoms with Gasteiger partial charge < -0.3 is 44.4 Å². The van der Waals surface area contributed by atoms with Gasteiger partial charge >= 0.3 is 12.2 Å². The lowest BCUT2D eigenvalue weighted by molar-refractivity contribution is -0.137. The summed E-state index contributed by atoms with van der Waals surface area (Å²) in [5.41, 5.74) is 8.47. The lowest BCUT2D eigenvalue weighted by Crippen LogP contribution is -2.52. The Morgan fingerprint density at radius 1 is 0.892 bits per heavy atom. The number of alkyl carbamates (subject to hydrolysis) is 2. The monoisotopic (exact) mass is 881 g/mol. The molecule has 0 saturated carbocycles. The molecule has 338 valence electrons. The molecule has 6 atom stereocenters. The average molecular weight is 882 g/mol. The summed E-state index contributed by atoms with van der Waals surface area (Å²) in [6, 6.07) is 21.8. The maximum atomic E-state index is 14.4. The van der Waals surface area contributed by atoms with Crippen molar-refractivity contribution in [3.05, 3.63) is 102 Å². The van der Waals surface area contributed by atoms with Gasteiger partial charge in [0.25, 0.3) is 0 Å². The number of aromatic nitrogens is 2. The number of methoxy groups -OCH3 is 3. The number of ether oxygens (including phenoxy) is 4. The van der Waals surface area contributed by atoms with E-state index in [1.807, 2.05) is 67.1 Å². The molecule has 0 radical (unpaired) electrons. The van der Waals surface area contributed by atoms with Crippen molar-refractivity contribution in [1.82, 2.24) is 30.4 Å². The number of likely N-dealkylation sites (tertiary alicyclic amines) is 2. The van der Waals surface area contributed by atoms with Crippen LogP contribution >= 0.6 is 0 Å². The minimum Gasteiger partial charge on any atom is -0.488 e. The highest BCUT2D eigenvalue weighted by Gasteiger charge is 2.43. The van der Waals surface area contributed by atoms with Gasteiger partial charge in [-0.1, -0.05) is 62.4 Å². The van der Waals surface area contributed by atoms with Gasteiger partial charge in [0.1, 0.15) is 30.3 Å². The number of rotatable bonds is 11. The molecule has 15 nitrogen and oxygen atoms in total. The third-order valence-corrected chi connectivity index (χ3v) is 13.4. The Hall–Kier alpha value is -6.74. The summed E-state index contributed by atoms with van der Waals surface area (Å²) >= 11 is 0. The Bertz CT molecular complexity index is 2680. The molecule has 5 heterocycles. The van der Waals surface area contributed by atoms with Crippen LogP contribution in [0.3, 0.4) is 0 Å². The predicted octanol–water partition coefficient (Wildman–Crippen LogP) is 7.81. The van der Waals surface area contributed by atoms with Gasteiger partial charge in [-0.2, -0.15) is 0 Å². The average Bonchev–Trinajstić information content (AvgIpc) is 4.15. The molecule has 0 unspecified atom stereocenters. The molecule has 15 heteroatoms. The zero-order valence-electron chi connectivity index (χ0n) is 37.6. The van der Waals surface area contributed by atoms with Crippen LogP contribution in [-0.4, -0.2) is 102 Å². The highest BCUT2D eigenvalue weighted by molar-refractivity contribution is 6.07.